The Kier molecular flexibility index (Phi) is 5.50. The van der Waals surface area contributed by atoms with Gasteiger partial charge in [-0.1, -0.05) is 135 Å². The fraction of sp³-hybridized carbons (Fsp3) is 0.0698. The number of aromatic nitrogens is 3. The molecule has 9 aromatic rings. The first kappa shape index (κ1) is 26.6. The quantitative estimate of drug-likeness (QED) is 0.197. The zero-order valence-corrected chi connectivity index (χ0v) is 26.8. The third-order valence-electron chi connectivity index (χ3n) is 9.99. The van der Waals surface area contributed by atoms with Crippen LogP contribution in [0, 0.1) is 0 Å². The number of rotatable bonds is 3. The Morgan fingerprint density at radius 2 is 1.23 bits per heavy atom. The Balaban J connectivity index is 1.26. The Labute approximate surface area is 276 Å². The largest absolute Gasteiger partial charge is 0.306 e. The van der Waals surface area contributed by atoms with Crippen molar-refractivity contribution in [2.45, 2.75) is 19.3 Å². The van der Waals surface area contributed by atoms with Gasteiger partial charge in [-0.05, 0) is 34.9 Å². The van der Waals surface area contributed by atoms with E-state index in [-0.39, 0.29) is 5.41 Å². The Hall–Kier alpha value is -5.58. The topological polar surface area (TPSA) is 30.7 Å². The molecule has 4 heterocycles. The van der Waals surface area contributed by atoms with Crippen LogP contribution in [0.25, 0.3) is 81.6 Å². The lowest BCUT2D eigenvalue weighted by atomic mass is 9.73. The molecule has 222 valence electrons. The molecule has 0 fully saturated rings. The van der Waals surface area contributed by atoms with Crippen molar-refractivity contribution in [3.63, 3.8) is 0 Å². The van der Waals surface area contributed by atoms with Crippen LogP contribution in [0.15, 0.2) is 140 Å². The van der Waals surface area contributed by atoms with Crippen molar-refractivity contribution in [1.29, 1.82) is 0 Å². The fourth-order valence-electron chi connectivity index (χ4n) is 7.76. The Morgan fingerprint density at radius 3 is 2.13 bits per heavy atom. The summed E-state index contributed by atoms with van der Waals surface area (Å²) in [5.74, 6) is 0.738. The highest BCUT2D eigenvalue weighted by molar-refractivity contribution is 7.26. The van der Waals surface area contributed by atoms with Gasteiger partial charge in [-0.25, -0.2) is 9.97 Å². The van der Waals surface area contributed by atoms with E-state index in [4.69, 9.17) is 9.97 Å². The molecule has 0 unspecified atom stereocenters. The minimum atomic E-state index is -0.165. The molecule has 0 spiro atoms. The number of benzene rings is 6. The second-order valence-electron chi connectivity index (χ2n) is 13.0. The highest BCUT2D eigenvalue weighted by atomic mass is 32.1. The van der Waals surface area contributed by atoms with Gasteiger partial charge in [-0.2, -0.15) is 0 Å². The molecule has 4 heteroatoms. The van der Waals surface area contributed by atoms with Crippen molar-refractivity contribution in [2.75, 3.05) is 0 Å². The lowest BCUT2D eigenvalue weighted by molar-refractivity contribution is 0.631. The van der Waals surface area contributed by atoms with Crippen LogP contribution in [0.1, 0.15) is 25.0 Å². The lowest BCUT2D eigenvalue weighted by Gasteiger charge is -2.36. The summed E-state index contributed by atoms with van der Waals surface area (Å²) in [6.07, 6.45) is 0. The average Bonchev–Trinajstić information content (AvgIpc) is 3.66. The van der Waals surface area contributed by atoms with Gasteiger partial charge in [0.1, 0.15) is 0 Å². The monoisotopic (exact) mass is 619 g/mol. The standard InChI is InChI=1S/C43H29N3S/c1-43(2)33-21-11-19-29(38(33)46-39-32(20-12-22-34(39)43)41-40(46)31-18-7-9-24-36(31)47-41)27-15-10-16-28(25-27)37-30-17-6-8-23-35(30)44-42(45-37)26-13-4-3-5-14-26/h3-25H,1-2H3. The van der Waals surface area contributed by atoms with Gasteiger partial charge in [0.2, 0.25) is 0 Å². The van der Waals surface area contributed by atoms with Gasteiger partial charge in [0.15, 0.2) is 5.82 Å². The number of para-hydroxylation sites is 3. The molecule has 0 atom stereocenters. The molecule has 1 aliphatic heterocycles. The molecule has 0 aliphatic carbocycles. The van der Waals surface area contributed by atoms with Crippen LogP contribution in [0.2, 0.25) is 0 Å². The van der Waals surface area contributed by atoms with Crippen molar-refractivity contribution in [2.24, 2.45) is 0 Å². The van der Waals surface area contributed by atoms with E-state index < -0.39 is 0 Å². The smallest absolute Gasteiger partial charge is 0.160 e. The van der Waals surface area contributed by atoms with E-state index in [1.54, 1.807) is 0 Å². The molecule has 0 saturated carbocycles. The number of nitrogens with zero attached hydrogens (tertiary/aromatic N) is 3. The zero-order chi connectivity index (χ0) is 31.3. The molecular formula is C43H29N3S. The molecule has 47 heavy (non-hydrogen) atoms. The third kappa shape index (κ3) is 3.73. The van der Waals surface area contributed by atoms with Crippen LogP contribution in [-0.2, 0) is 5.41 Å². The summed E-state index contributed by atoms with van der Waals surface area (Å²) in [7, 11) is 0. The van der Waals surface area contributed by atoms with Gasteiger partial charge in [-0.3, -0.25) is 0 Å². The van der Waals surface area contributed by atoms with Gasteiger partial charge < -0.3 is 4.57 Å². The normalized spacial score (nSPS) is 13.5. The van der Waals surface area contributed by atoms with E-state index in [2.05, 4.69) is 134 Å². The second kappa shape index (κ2) is 9.71. The van der Waals surface area contributed by atoms with Crippen molar-refractivity contribution in [3.8, 4) is 39.5 Å². The first-order valence-electron chi connectivity index (χ1n) is 16.1. The number of hydrogen-bond acceptors (Lipinski definition) is 3. The van der Waals surface area contributed by atoms with E-state index in [0.717, 1.165) is 33.5 Å². The molecule has 0 N–H and O–H groups in total. The van der Waals surface area contributed by atoms with Crippen molar-refractivity contribution in [3.05, 3.63) is 151 Å². The lowest BCUT2D eigenvalue weighted by Crippen LogP contribution is -2.26. The van der Waals surface area contributed by atoms with E-state index in [0.29, 0.717) is 0 Å². The van der Waals surface area contributed by atoms with E-state index >= 15 is 0 Å². The summed E-state index contributed by atoms with van der Waals surface area (Å²) in [4.78, 5) is 10.2. The van der Waals surface area contributed by atoms with E-state index in [9.17, 15) is 0 Å². The first-order chi connectivity index (χ1) is 23.1. The minimum Gasteiger partial charge on any atom is -0.306 e. The highest BCUT2D eigenvalue weighted by Crippen LogP contribution is 2.52. The van der Waals surface area contributed by atoms with Crippen molar-refractivity contribution < 1.29 is 0 Å². The van der Waals surface area contributed by atoms with Gasteiger partial charge >= 0.3 is 0 Å². The summed E-state index contributed by atoms with van der Waals surface area (Å²) in [6.45, 7) is 4.75. The molecule has 3 aromatic heterocycles. The predicted octanol–water partition coefficient (Wildman–Crippen LogP) is 11.6. The maximum absolute atomic E-state index is 5.19. The SMILES string of the molecule is CC1(C)c2cccc(-c3cccc(-c4nc(-c5ccccc5)nc5ccccc45)c3)c2-n2c3c1cccc3c1sc3ccccc3c12. The van der Waals surface area contributed by atoms with Gasteiger partial charge in [-0.15, -0.1) is 11.3 Å². The van der Waals surface area contributed by atoms with Gasteiger partial charge in [0, 0.05) is 43.0 Å². The zero-order valence-electron chi connectivity index (χ0n) is 26.0. The highest BCUT2D eigenvalue weighted by Gasteiger charge is 2.37. The van der Waals surface area contributed by atoms with Crippen LogP contribution in [-0.4, -0.2) is 14.5 Å². The Morgan fingerprint density at radius 1 is 0.553 bits per heavy atom. The van der Waals surface area contributed by atoms with Crippen LogP contribution in [0.5, 0.6) is 0 Å². The Bertz CT molecular complexity index is 2710. The number of thiophene rings is 1. The fourth-order valence-corrected chi connectivity index (χ4v) is 8.97. The number of fused-ring (bicyclic) bond motifs is 8. The van der Waals surface area contributed by atoms with Crippen LogP contribution >= 0.6 is 11.3 Å². The van der Waals surface area contributed by atoms with Crippen LogP contribution in [0.3, 0.4) is 0 Å². The maximum atomic E-state index is 5.19. The van der Waals surface area contributed by atoms with Gasteiger partial charge in [0.25, 0.3) is 0 Å². The molecule has 3 nitrogen and oxygen atoms in total. The molecule has 10 rings (SSSR count). The molecular weight excluding hydrogens is 591 g/mol. The molecule has 0 bridgehead atoms. The summed E-state index contributed by atoms with van der Waals surface area (Å²) >= 11 is 1.91. The maximum Gasteiger partial charge on any atom is 0.160 e. The summed E-state index contributed by atoms with van der Waals surface area (Å²) < 4.78 is 5.26. The molecule has 1 aliphatic rings. The van der Waals surface area contributed by atoms with Crippen molar-refractivity contribution >= 4 is 53.4 Å². The summed E-state index contributed by atoms with van der Waals surface area (Å²) in [6, 6.07) is 50.1. The number of hydrogen-bond donors (Lipinski definition) is 0. The minimum absolute atomic E-state index is 0.165. The molecule has 0 saturated heterocycles. The van der Waals surface area contributed by atoms with E-state index in [1.165, 1.54) is 59.1 Å². The second-order valence-corrected chi connectivity index (χ2v) is 14.1. The van der Waals surface area contributed by atoms with E-state index in [1.807, 2.05) is 35.6 Å². The summed E-state index contributed by atoms with van der Waals surface area (Å²) in [5.41, 5.74) is 12.8. The first-order valence-corrected chi connectivity index (χ1v) is 16.9. The van der Waals surface area contributed by atoms with Gasteiger partial charge in [0.05, 0.1) is 32.6 Å². The van der Waals surface area contributed by atoms with Crippen LogP contribution < -0.4 is 0 Å². The average molecular weight is 620 g/mol. The molecule has 0 amide bonds. The summed E-state index contributed by atoms with van der Waals surface area (Å²) in [5, 5.41) is 3.69. The van der Waals surface area contributed by atoms with Crippen molar-refractivity contribution in [1.82, 2.24) is 14.5 Å². The third-order valence-corrected chi connectivity index (χ3v) is 11.2. The molecule has 0 radical (unpaired) electrons. The molecule has 6 aromatic carbocycles. The van der Waals surface area contributed by atoms with Crippen LogP contribution in [0.4, 0.5) is 0 Å². The predicted molar refractivity (Wildman–Crippen MR) is 198 cm³/mol.